The van der Waals surface area contributed by atoms with Gasteiger partial charge in [-0.1, -0.05) is 31.4 Å². The number of allylic oxidation sites excluding steroid dienone is 1. The van der Waals surface area contributed by atoms with Crippen molar-refractivity contribution in [2.24, 2.45) is 5.92 Å². The number of ether oxygens (including phenoxy) is 2. The largest absolute Gasteiger partial charge is 0.459 e. The lowest BCUT2D eigenvalue weighted by Gasteiger charge is -2.38. The average molecular weight is 527 g/mol. The van der Waals surface area contributed by atoms with Crippen LogP contribution in [-0.2, 0) is 14.3 Å². The molecule has 0 radical (unpaired) electrons. The van der Waals surface area contributed by atoms with Crippen LogP contribution in [-0.4, -0.2) is 48.5 Å². The lowest BCUT2D eigenvalue weighted by molar-refractivity contribution is -0.170. The lowest BCUT2D eigenvalue weighted by atomic mass is 9.80. The Morgan fingerprint density at radius 3 is 2.47 bits per heavy atom. The van der Waals surface area contributed by atoms with Crippen LogP contribution in [0.2, 0.25) is 0 Å². The quantitative estimate of drug-likeness (QED) is 0.516. The third-order valence-corrected chi connectivity index (χ3v) is 6.74. The summed E-state index contributed by atoms with van der Waals surface area (Å²) in [6.45, 7) is 4.19. The highest BCUT2D eigenvalue weighted by atomic mass is 127. The number of nitrogens with zero attached hydrogens (tertiary/aromatic N) is 1. The maximum absolute atomic E-state index is 13.4. The predicted octanol–water partition coefficient (Wildman–Crippen LogP) is 4.83. The minimum atomic E-state index is -0.482. The smallest absolute Gasteiger partial charge is 0.288 e. The van der Waals surface area contributed by atoms with Crippen LogP contribution in [0.15, 0.2) is 36.1 Å². The molecule has 1 fully saturated rings. The molecular weight excluding hydrogens is 493 g/mol. The van der Waals surface area contributed by atoms with Gasteiger partial charge in [-0.25, -0.2) is 0 Å². The average Bonchev–Trinajstić information content (AvgIpc) is 2.72. The summed E-state index contributed by atoms with van der Waals surface area (Å²) in [5.41, 5.74) is 1.16. The van der Waals surface area contributed by atoms with E-state index in [-0.39, 0.29) is 24.3 Å². The number of carbonyl (C=O) groups excluding carboxylic acids is 1. The van der Waals surface area contributed by atoms with E-state index in [9.17, 15) is 9.90 Å². The number of benzene rings is 1. The zero-order valence-corrected chi connectivity index (χ0v) is 20.1. The second kappa shape index (κ2) is 12.1. The van der Waals surface area contributed by atoms with E-state index in [0.717, 1.165) is 37.9 Å². The van der Waals surface area contributed by atoms with Gasteiger partial charge in [-0.15, -0.1) is 0 Å². The van der Waals surface area contributed by atoms with Gasteiger partial charge in [0.25, 0.3) is 5.91 Å². The molecule has 0 aromatic heterocycles. The number of aliphatic hydroxyl groups excluding tert-OH is 1. The van der Waals surface area contributed by atoms with Gasteiger partial charge in [0, 0.05) is 41.7 Å². The van der Waals surface area contributed by atoms with Crippen molar-refractivity contribution in [3.8, 4) is 0 Å². The number of likely N-dealkylation sites (tertiary alicyclic amines) is 1. The third kappa shape index (κ3) is 6.20. The Morgan fingerprint density at radius 1 is 1.17 bits per heavy atom. The molecule has 0 aliphatic carbocycles. The van der Waals surface area contributed by atoms with Crippen molar-refractivity contribution in [2.75, 3.05) is 26.3 Å². The Labute approximate surface area is 194 Å². The molecule has 5 nitrogen and oxygen atoms in total. The summed E-state index contributed by atoms with van der Waals surface area (Å²) in [4.78, 5) is 15.3. The van der Waals surface area contributed by atoms with Crippen LogP contribution in [0.1, 0.15) is 63.4 Å². The highest BCUT2D eigenvalue weighted by molar-refractivity contribution is 14.1. The molecule has 1 aromatic carbocycles. The molecule has 3 atom stereocenters. The van der Waals surface area contributed by atoms with Gasteiger partial charge in [0.1, 0.15) is 0 Å². The van der Waals surface area contributed by atoms with Gasteiger partial charge >= 0.3 is 0 Å². The van der Waals surface area contributed by atoms with E-state index >= 15 is 0 Å². The second-order valence-corrected chi connectivity index (χ2v) is 9.39. The van der Waals surface area contributed by atoms with E-state index in [1.807, 2.05) is 17.9 Å². The maximum Gasteiger partial charge on any atom is 0.288 e. The zero-order chi connectivity index (χ0) is 21.3. The number of carbonyl (C=O) groups is 1. The van der Waals surface area contributed by atoms with E-state index in [0.29, 0.717) is 18.8 Å². The summed E-state index contributed by atoms with van der Waals surface area (Å²) in [7, 11) is 0. The highest BCUT2D eigenvalue weighted by Gasteiger charge is 2.38. The number of aliphatic hydroxyl groups is 1. The molecule has 166 valence electrons. The van der Waals surface area contributed by atoms with Gasteiger partial charge in [0.05, 0.1) is 0 Å². The number of halogens is 1. The van der Waals surface area contributed by atoms with Gasteiger partial charge in [-0.05, 0) is 79.0 Å². The van der Waals surface area contributed by atoms with E-state index in [1.54, 1.807) is 0 Å². The summed E-state index contributed by atoms with van der Waals surface area (Å²) in [5, 5.41) is 9.41. The summed E-state index contributed by atoms with van der Waals surface area (Å²) < 4.78 is 13.3. The van der Waals surface area contributed by atoms with Crippen LogP contribution in [0, 0.1) is 9.49 Å². The molecule has 0 unspecified atom stereocenters. The normalized spacial score (nSPS) is 25.1. The van der Waals surface area contributed by atoms with Crippen LogP contribution in [0.5, 0.6) is 0 Å². The maximum atomic E-state index is 13.4. The fourth-order valence-electron chi connectivity index (χ4n) is 4.43. The van der Waals surface area contributed by atoms with Gasteiger partial charge in [0.2, 0.25) is 6.29 Å². The van der Waals surface area contributed by atoms with E-state index < -0.39 is 6.29 Å². The number of rotatable bonds is 7. The molecule has 1 amide bonds. The monoisotopic (exact) mass is 527 g/mol. The second-order valence-electron chi connectivity index (χ2n) is 8.14. The molecule has 0 bridgehead atoms. The van der Waals surface area contributed by atoms with Crippen LogP contribution >= 0.6 is 22.6 Å². The van der Waals surface area contributed by atoms with Crippen molar-refractivity contribution < 1.29 is 19.4 Å². The zero-order valence-electron chi connectivity index (χ0n) is 17.9. The Hall–Kier alpha value is -1.12. The summed E-state index contributed by atoms with van der Waals surface area (Å²) in [6, 6.07) is 8.44. The van der Waals surface area contributed by atoms with Crippen LogP contribution in [0.4, 0.5) is 0 Å². The van der Waals surface area contributed by atoms with Gasteiger partial charge in [-0.3, -0.25) is 4.79 Å². The first-order valence-electron chi connectivity index (χ1n) is 11.3. The molecule has 0 spiro atoms. The molecule has 0 saturated carbocycles. The lowest BCUT2D eigenvalue weighted by Crippen LogP contribution is -2.41. The Balaban J connectivity index is 1.90. The molecule has 3 rings (SSSR count). The molecule has 1 N–H and O–H groups in total. The van der Waals surface area contributed by atoms with E-state index in [2.05, 4.69) is 46.9 Å². The van der Waals surface area contributed by atoms with E-state index in [4.69, 9.17) is 9.47 Å². The van der Waals surface area contributed by atoms with Crippen molar-refractivity contribution in [3.63, 3.8) is 0 Å². The Bertz CT molecular complexity index is 698. The molecular formula is C24H34INO4. The van der Waals surface area contributed by atoms with Crippen molar-refractivity contribution in [1.29, 1.82) is 0 Å². The van der Waals surface area contributed by atoms with E-state index in [1.165, 1.54) is 22.8 Å². The summed E-state index contributed by atoms with van der Waals surface area (Å²) >= 11 is 2.30. The Kier molecular flexibility index (Phi) is 9.46. The first kappa shape index (κ1) is 23.5. The van der Waals surface area contributed by atoms with Crippen molar-refractivity contribution in [1.82, 2.24) is 4.90 Å². The van der Waals surface area contributed by atoms with Gasteiger partial charge in [-0.2, -0.15) is 0 Å². The first-order chi connectivity index (χ1) is 14.6. The minimum absolute atomic E-state index is 0.0160. The number of hydrogen-bond acceptors (Lipinski definition) is 4. The van der Waals surface area contributed by atoms with Gasteiger partial charge < -0.3 is 19.5 Å². The Morgan fingerprint density at radius 2 is 1.83 bits per heavy atom. The fourth-order valence-corrected chi connectivity index (χ4v) is 4.79. The first-order valence-corrected chi connectivity index (χ1v) is 12.4. The molecule has 30 heavy (non-hydrogen) atoms. The summed E-state index contributed by atoms with van der Waals surface area (Å²) in [5.74, 6) is 0.476. The fraction of sp³-hybridized carbons (Fsp3) is 0.625. The number of amides is 1. The van der Waals surface area contributed by atoms with Crippen LogP contribution < -0.4 is 0 Å². The minimum Gasteiger partial charge on any atom is -0.459 e. The molecule has 1 saturated heterocycles. The molecule has 2 heterocycles. The molecule has 1 aromatic rings. The topological polar surface area (TPSA) is 59.0 Å². The van der Waals surface area contributed by atoms with Crippen molar-refractivity contribution in [3.05, 3.63) is 45.2 Å². The molecule has 6 heteroatoms. The highest BCUT2D eigenvalue weighted by Crippen LogP contribution is 2.40. The van der Waals surface area contributed by atoms with Crippen LogP contribution in [0.25, 0.3) is 0 Å². The van der Waals surface area contributed by atoms with Gasteiger partial charge in [0.15, 0.2) is 5.76 Å². The van der Waals surface area contributed by atoms with Crippen molar-refractivity contribution >= 4 is 28.5 Å². The molecule has 2 aliphatic rings. The molecule has 2 aliphatic heterocycles. The van der Waals surface area contributed by atoms with Crippen molar-refractivity contribution in [2.45, 2.75) is 64.1 Å². The van der Waals surface area contributed by atoms with Crippen LogP contribution in [0.3, 0.4) is 0 Å². The standard InChI is InChI=1S/C24H34INO4/c1-2-29-24-20(9-8-16-27)21(18-10-12-19(25)13-11-18)17-22(30-24)23(28)26-14-6-4-3-5-7-15-26/h10-13,17,20-21,24,27H,2-9,14-16H2,1H3/t20-,21+,24+/m1/s1. The SMILES string of the molecule is CCO[C@H]1OC(C(=O)N2CCCCCCC2)=C[C@@H](c2ccc(I)cc2)[C@H]1CCCO. The summed E-state index contributed by atoms with van der Waals surface area (Å²) in [6.07, 6.45) is 8.70. The number of hydrogen-bond donors (Lipinski definition) is 1. The predicted molar refractivity (Wildman–Crippen MR) is 126 cm³/mol. The third-order valence-electron chi connectivity index (χ3n) is 6.02.